The number of fused-ring (bicyclic) bond motifs is 1. The van der Waals surface area contributed by atoms with Crippen LogP contribution in [0.3, 0.4) is 0 Å². The first-order valence-electron chi connectivity index (χ1n) is 4.71. The summed E-state index contributed by atoms with van der Waals surface area (Å²) >= 11 is 5.23. The van der Waals surface area contributed by atoms with Gasteiger partial charge in [0.05, 0.1) is 4.99 Å². The van der Waals surface area contributed by atoms with Crippen molar-refractivity contribution >= 4 is 28.6 Å². The number of rotatable bonds is 1. The maximum Gasteiger partial charge on any atom is 0.0871 e. The molecule has 2 rings (SSSR count). The lowest BCUT2D eigenvalue weighted by Crippen LogP contribution is -2.08. The van der Waals surface area contributed by atoms with E-state index < -0.39 is 0 Å². The van der Waals surface area contributed by atoms with Crippen molar-refractivity contribution in [1.82, 2.24) is 0 Å². The molecular formula is C11H14N2S. The van der Waals surface area contributed by atoms with E-state index in [-0.39, 0.29) is 0 Å². The van der Waals surface area contributed by atoms with Crippen LogP contribution in [0.15, 0.2) is 18.2 Å². The fourth-order valence-corrected chi connectivity index (χ4v) is 1.92. The molecule has 1 heterocycles. The first-order chi connectivity index (χ1) is 6.59. The molecule has 1 aromatic rings. The molecule has 0 saturated heterocycles. The second kappa shape index (κ2) is 3.24. The molecule has 1 aromatic carbocycles. The number of thiocarbonyl (C=S) groups is 1. The van der Waals surface area contributed by atoms with E-state index in [0.717, 1.165) is 10.7 Å². The van der Waals surface area contributed by atoms with E-state index in [4.69, 9.17) is 12.2 Å². The van der Waals surface area contributed by atoms with Crippen molar-refractivity contribution in [2.24, 2.45) is 0 Å². The molecule has 3 heteroatoms. The van der Waals surface area contributed by atoms with E-state index >= 15 is 0 Å². The third-order valence-electron chi connectivity index (χ3n) is 2.67. The van der Waals surface area contributed by atoms with Gasteiger partial charge in [0, 0.05) is 31.4 Å². The summed E-state index contributed by atoms with van der Waals surface area (Å²) in [5.41, 5.74) is 3.69. The van der Waals surface area contributed by atoms with Gasteiger partial charge in [-0.05, 0) is 23.8 Å². The molecule has 1 aliphatic rings. The highest BCUT2D eigenvalue weighted by Gasteiger charge is 2.23. The van der Waals surface area contributed by atoms with Gasteiger partial charge >= 0.3 is 0 Å². The molecule has 0 fully saturated rings. The van der Waals surface area contributed by atoms with Gasteiger partial charge < -0.3 is 10.2 Å². The zero-order valence-corrected chi connectivity index (χ0v) is 9.48. The van der Waals surface area contributed by atoms with Gasteiger partial charge in [0.1, 0.15) is 0 Å². The fraction of sp³-hybridized carbons (Fsp3) is 0.364. The summed E-state index contributed by atoms with van der Waals surface area (Å²) in [6.45, 7) is 2.14. The second-order valence-corrected chi connectivity index (χ2v) is 4.32. The predicted octanol–water partition coefficient (Wildman–Crippen LogP) is 2.61. The highest BCUT2D eigenvalue weighted by Crippen LogP contribution is 2.35. The summed E-state index contributed by atoms with van der Waals surface area (Å²) in [5.74, 6) is 0.347. The van der Waals surface area contributed by atoms with Gasteiger partial charge in [0.2, 0.25) is 0 Å². The van der Waals surface area contributed by atoms with Gasteiger partial charge in [-0.2, -0.15) is 0 Å². The maximum atomic E-state index is 5.23. The molecule has 1 unspecified atom stereocenters. The largest absolute Gasteiger partial charge is 0.378 e. The van der Waals surface area contributed by atoms with E-state index in [2.05, 4.69) is 35.3 Å². The topological polar surface area (TPSA) is 15.3 Å². The van der Waals surface area contributed by atoms with Crippen LogP contribution in [0, 0.1) is 0 Å². The minimum Gasteiger partial charge on any atom is -0.378 e. The van der Waals surface area contributed by atoms with Crippen LogP contribution in [0.2, 0.25) is 0 Å². The zero-order chi connectivity index (χ0) is 10.3. The molecular weight excluding hydrogens is 192 g/mol. The van der Waals surface area contributed by atoms with E-state index in [1.54, 1.807) is 0 Å². The van der Waals surface area contributed by atoms with Crippen molar-refractivity contribution in [2.75, 3.05) is 24.3 Å². The smallest absolute Gasteiger partial charge is 0.0871 e. The van der Waals surface area contributed by atoms with Crippen LogP contribution in [-0.2, 0) is 0 Å². The minimum atomic E-state index is 0.347. The number of hydrogen-bond donors (Lipinski definition) is 1. The lowest BCUT2D eigenvalue weighted by atomic mass is 10.0. The van der Waals surface area contributed by atoms with E-state index in [1.165, 1.54) is 11.3 Å². The summed E-state index contributed by atoms with van der Waals surface area (Å²) < 4.78 is 0. The Bertz CT molecular complexity index is 385. The van der Waals surface area contributed by atoms with Crippen molar-refractivity contribution in [1.29, 1.82) is 0 Å². The van der Waals surface area contributed by atoms with Crippen LogP contribution in [0.1, 0.15) is 18.4 Å². The van der Waals surface area contributed by atoms with Gasteiger partial charge in [-0.15, -0.1) is 0 Å². The van der Waals surface area contributed by atoms with Gasteiger partial charge in [0.25, 0.3) is 0 Å². The molecule has 0 aromatic heterocycles. The normalized spacial score (nSPS) is 19.1. The van der Waals surface area contributed by atoms with Crippen LogP contribution in [0.5, 0.6) is 0 Å². The molecule has 0 saturated carbocycles. The SMILES string of the molecule is CC1C(=S)Nc2ccc(N(C)C)cc21. The highest BCUT2D eigenvalue weighted by atomic mass is 32.1. The quantitative estimate of drug-likeness (QED) is 0.711. The average molecular weight is 206 g/mol. The van der Waals surface area contributed by atoms with Crippen molar-refractivity contribution in [3.8, 4) is 0 Å². The standard InChI is InChI=1S/C11H14N2S/c1-7-9-6-8(13(2)3)4-5-10(9)12-11(7)14/h4-7H,1-3H3,(H,12,14). The zero-order valence-electron chi connectivity index (χ0n) is 8.66. The summed E-state index contributed by atoms with van der Waals surface area (Å²) in [5, 5.41) is 3.23. The number of nitrogens with zero attached hydrogens (tertiary/aromatic N) is 1. The third-order valence-corrected chi connectivity index (χ3v) is 3.12. The average Bonchev–Trinajstić information content (AvgIpc) is 2.43. The molecule has 74 valence electrons. The van der Waals surface area contributed by atoms with Crippen LogP contribution in [0.25, 0.3) is 0 Å². The Labute approximate surface area is 89.9 Å². The number of benzene rings is 1. The van der Waals surface area contributed by atoms with E-state index in [0.29, 0.717) is 5.92 Å². The molecule has 2 nitrogen and oxygen atoms in total. The lowest BCUT2D eigenvalue weighted by Gasteiger charge is -2.14. The Kier molecular flexibility index (Phi) is 2.19. The lowest BCUT2D eigenvalue weighted by molar-refractivity contribution is 1.06. The minimum absolute atomic E-state index is 0.347. The van der Waals surface area contributed by atoms with Crippen LogP contribution in [0.4, 0.5) is 11.4 Å². The number of hydrogen-bond acceptors (Lipinski definition) is 2. The molecule has 0 amide bonds. The first kappa shape index (κ1) is 9.46. The van der Waals surface area contributed by atoms with Crippen LogP contribution in [-0.4, -0.2) is 19.1 Å². The molecule has 0 radical (unpaired) electrons. The summed E-state index contributed by atoms with van der Waals surface area (Å²) in [7, 11) is 4.10. The van der Waals surface area contributed by atoms with E-state index in [9.17, 15) is 0 Å². The van der Waals surface area contributed by atoms with Crippen molar-refractivity contribution in [3.63, 3.8) is 0 Å². The molecule has 1 atom stereocenters. The summed E-state index contributed by atoms with van der Waals surface area (Å²) in [6, 6.07) is 6.40. The molecule has 14 heavy (non-hydrogen) atoms. The van der Waals surface area contributed by atoms with Gasteiger partial charge in [0.15, 0.2) is 0 Å². The first-order valence-corrected chi connectivity index (χ1v) is 5.12. The van der Waals surface area contributed by atoms with Gasteiger partial charge in [-0.3, -0.25) is 0 Å². The second-order valence-electron chi connectivity index (χ2n) is 3.88. The highest BCUT2D eigenvalue weighted by molar-refractivity contribution is 7.80. The molecule has 0 bridgehead atoms. The van der Waals surface area contributed by atoms with Gasteiger partial charge in [-0.1, -0.05) is 19.1 Å². The van der Waals surface area contributed by atoms with Crippen LogP contribution < -0.4 is 10.2 Å². The molecule has 0 spiro atoms. The summed E-state index contributed by atoms with van der Waals surface area (Å²) in [4.78, 5) is 3.03. The fourth-order valence-electron chi connectivity index (χ4n) is 1.68. The van der Waals surface area contributed by atoms with E-state index in [1.807, 2.05) is 14.1 Å². The monoisotopic (exact) mass is 206 g/mol. The van der Waals surface area contributed by atoms with Gasteiger partial charge in [-0.25, -0.2) is 0 Å². The van der Waals surface area contributed by atoms with Crippen molar-refractivity contribution < 1.29 is 0 Å². The molecule has 1 aliphatic heterocycles. The molecule has 0 aliphatic carbocycles. The Balaban J connectivity index is 2.46. The third kappa shape index (κ3) is 1.38. The maximum absolute atomic E-state index is 5.23. The molecule has 1 N–H and O–H groups in total. The van der Waals surface area contributed by atoms with Crippen LogP contribution >= 0.6 is 12.2 Å². The number of nitrogens with one attached hydrogen (secondary N) is 1. The Morgan fingerprint density at radius 3 is 2.71 bits per heavy atom. The Morgan fingerprint density at radius 1 is 1.36 bits per heavy atom. The van der Waals surface area contributed by atoms with Crippen molar-refractivity contribution in [2.45, 2.75) is 12.8 Å². The summed E-state index contributed by atoms with van der Waals surface area (Å²) in [6.07, 6.45) is 0. The van der Waals surface area contributed by atoms with Crippen molar-refractivity contribution in [3.05, 3.63) is 23.8 Å². The Hall–Kier alpha value is -1.09. The Morgan fingerprint density at radius 2 is 2.07 bits per heavy atom. The number of anilines is 2. The predicted molar refractivity (Wildman–Crippen MR) is 65.4 cm³/mol.